The zero-order chi connectivity index (χ0) is 10.9. The van der Waals surface area contributed by atoms with Crippen molar-refractivity contribution >= 4 is 0 Å². The Morgan fingerprint density at radius 1 is 1.20 bits per heavy atom. The molecule has 0 bridgehead atoms. The van der Waals surface area contributed by atoms with Crippen LogP contribution in [0.5, 0.6) is 5.75 Å². The molecule has 3 nitrogen and oxygen atoms in total. The van der Waals surface area contributed by atoms with Crippen LogP contribution < -0.4 is 10.5 Å². The Labute approximate surface area is 91.2 Å². The predicted octanol–water partition coefficient (Wildman–Crippen LogP) is 1.95. The van der Waals surface area contributed by atoms with Gasteiger partial charge in [0.25, 0.3) is 0 Å². The van der Waals surface area contributed by atoms with Crippen LogP contribution in [-0.2, 0) is 11.3 Å². The zero-order valence-electron chi connectivity index (χ0n) is 9.24. The fourth-order valence-electron chi connectivity index (χ4n) is 1.23. The number of ether oxygens (including phenoxy) is 2. The van der Waals surface area contributed by atoms with E-state index in [-0.39, 0.29) is 0 Å². The molecule has 0 unspecified atom stereocenters. The van der Waals surface area contributed by atoms with E-state index in [9.17, 15) is 0 Å². The van der Waals surface area contributed by atoms with Crippen LogP contribution in [0.2, 0.25) is 0 Å². The van der Waals surface area contributed by atoms with Gasteiger partial charge in [0.15, 0.2) is 0 Å². The van der Waals surface area contributed by atoms with E-state index in [1.54, 1.807) is 0 Å². The van der Waals surface area contributed by atoms with Gasteiger partial charge in [-0.15, -0.1) is 0 Å². The summed E-state index contributed by atoms with van der Waals surface area (Å²) < 4.78 is 10.8. The second kappa shape index (κ2) is 7.26. The maximum Gasteiger partial charge on any atom is 0.119 e. The van der Waals surface area contributed by atoms with E-state index in [0.717, 1.165) is 24.3 Å². The van der Waals surface area contributed by atoms with E-state index in [1.165, 1.54) is 0 Å². The molecule has 0 aliphatic rings. The van der Waals surface area contributed by atoms with Crippen LogP contribution in [0.15, 0.2) is 24.3 Å². The van der Waals surface area contributed by atoms with Gasteiger partial charge in [0.1, 0.15) is 12.4 Å². The number of benzene rings is 1. The van der Waals surface area contributed by atoms with Crippen LogP contribution in [0.3, 0.4) is 0 Å². The number of rotatable bonds is 7. The van der Waals surface area contributed by atoms with Crippen LogP contribution in [0, 0.1) is 0 Å². The first kappa shape index (κ1) is 12.0. The highest BCUT2D eigenvalue weighted by Crippen LogP contribution is 2.12. The fraction of sp³-hybridized carbons (Fsp3) is 0.500. The van der Waals surface area contributed by atoms with Crippen molar-refractivity contribution < 1.29 is 9.47 Å². The Morgan fingerprint density at radius 3 is 2.80 bits per heavy atom. The van der Waals surface area contributed by atoms with Gasteiger partial charge in [-0.1, -0.05) is 19.1 Å². The molecule has 0 aliphatic heterocycles. The van der Waals surface area contributed by atoms with E-state index in [2.05, 4.69) is 6.92 Å². The van der Waals surface area contributed by atoms with Gasteiger partial charge >= 0.3 is 0 Å². The molecule has 2 N–H and O–H groups in total. The molecular weight excluding hydrogens is 190 g/mol. The maximum absolute atomic E-state index is 5.53. The lowest BCUT2D eigenvalue weighted by molar-refractivity contribution is 0.101. The summed E-state index contributed by atoms with van der Waals surface area (Å²) >= 11 is 0. The number of hydrogen-bond acceptors (Lipinski definition) is 3. The van der Waals surface area contributed by atoms with Gasteiger partial charge in [-0.25, -0.2) is 0 Å². The van der Waals surface area contributed by atoms with E-state index >= 15 is 0 Å². The second-order valence-electron chi connectivity index (χ2n) is 3.31. The summed E-state index contributed by atoms with van der Waals surface area (Å²) in [6.07, 6.45) is 1.04. The van der Waals surface area contributed by atoms with Crippen LogP contribution in [0.1, 0.15) is 18.9 Å². The minimum Gasteiger partial charge on any atom is -0.491 e. The first-order valence-corrected chi connectivity index (χ1v) is 5.36. The molecule has 1 aromatic carbocycles. The Bertz CT molecular complexity index is 276. The SMILES string of the molecule is CCCOCCOc1cccc(CN)c1. The van der Waals surface area contributed by atoms with E-state index in [1.807, 2.05) is 24.3 Å². The predicted molar refractivity (Wildman–Crippen MR) is 60.9 cm³/mol. The molecule has 0 radical (unpaired) electrons. The molecule has 1 rings (SSSR count). The molecule has 0 saturated carbocycles. The molecule has 0 aromatic heterocycles. The third kappa shape index (κ3) is 4.81. The summed E-state index contributed by atoms with van der Waals surface area (Å²) in [6.45, 7) is 4.66. The smallest absolute Gasteiger partial charge is 0.119 e. The van der Waals surface area contributed by atoms with Gasteiger partial charge in [-0.05, 0) is 24.1 Å². The van der Waals surface area contributed by atoms with E-state index < -0.39 is 0 Å². The average molecular weight is 209 g/mol. The van der Waals surface area contributed by atoms with Crippen molar-refractivity contribution in [2.24, 2.45) is 5.73 Å². The molecule has 0 amide bonds. The van der Waals surface area contributed by atoms with Crippen LogP contribution in [-0.4, -0.2) is 19.8 Å². The monoisotopic (exact) mass is 209 g/mol. The van der Waals surface area contributed by atoms with Crippen molar-refractivity contribution in [3.8, 4) is 5.75 Å². The lowest BCUT2D eigenvalue weighted by Crippen LogP contribution is -2.07. The summed E-state index contributed by atoms with van der Waals surface area (Å²) in [7, 11) is 0. The highest BCUT2D eigenvalue weighted by molar-refractivity contribution is 5.28. The normalized spacial score (nSPS) is 10.3. The van der Waals surface area contributed by atoms with Gasteiger partial charge in [0.2, 0.25) is 0 Å². The molecule has 15 heavy (non-hydrogen) atoms. The summed E-state index contributed by atoms with van der Waals surface area (Å²) in [5, 5.41) is 0. The number of hydrogen-bond donors (Lipinski definition) is 1. The van der Waals surface area contributed by atoms with Crippen molar-refractivity contribution in [3.63, 3.8) is 0 Å². The molecule has 3 heteroatoms. The molecule has 1 aromatic rings. The van der Waals surface area contributed by atoms with Crippen molar-refractivity contribution in [1.29, 1.82) is 0 Å². The van der Waals surface area contributed by atoms with Gasteiger partial charge < -0.3 is 15.2 Å². The Morgan fingerprint density at radius 2 is 2.07 bits per heavy atom. The third-order valence-corrected chi connectivity index (χ3v) is 1.98. The standard InChI is InChI=1S/C12H19NO2/c1-2-6-14-7-8-15-12-5-3-4-11(9-12)10-13/h3-5,9H,2,6-8,10,13H2,1H3. The molecule has 0 fully saturated rings. The van der Waals surface area contributed by atoms with Crippen LogP contribution >= 0.6 is 0 Å². The van der Waals surface area contributed by atoms with Gasteiger partial charge in [0, 0.05) is 13.2 Å². The van der Waals surface area contributed by atoms with Crippen molar-refractivity contribution in [2.75, 3.05) is 19.8 Å². The Kier molecular flexibility index (Phi) is 5.81. The molecule has 84 valence electrons. The molecule has 0 spiro atoms. The van der Waals surface area contributed by atoms with Crippen molar-refractivity contribution in [3.05, 3.63) is 29.8 Å². The van der Waals surface area contributed by atoms with Gasteiger partial charge in [-0.2, -0.15) is 0 Å². The topological polar surface area (TPSA) is 44.5 Å². The third-order valence-electron chi connectivity index (χ3n) is 1.98. The lowest BCUT2D eigenvalue weighted by atomic mass is 10.2. The summed E-state index contributed by atoms with van der Waals surface area (Å²) in [5.74, 6) is 0.859. The van der Waals surface area contributed by atoms with Crippen LogP contribution in [0.4, 0.5) is 0 Å². The fourth-order valence-corrected chi connectivity index (χ4v) is 1.23. The molecule has 0 aliphatic carbocycles. The summed E-state index contributed by atoms with van der Waals surface area (Å²) in [5.41, 5.74) is 6.62. The van der Waals surface area contributed by atoms with E-state index in [4.69, 9.17) is 15.2 Å². The van der Waals surface area contributed by atoms with Gasteiger partial charge in [-0.3, -0.25) is 0 Å². The summed E-state index contributed by atoms with van der Waals surface area (Å²) in [6, 6.07) is 7.82. The summed E-state index contributed by atoms with van der Waals surface area (Å²) in [4.78, 5) is 0. The van der Waals surface area contributed by atoms with E-state index in [0.29, 0.717) is 19.8 Å². The van der Waals surface area contributed by atoms with Crippen LogP contribution in [0.25, 0.3) is 0 Å². The largest absolute Gasteiger partial charge is 0.491 e. The molecule has 0 atom stereocenters. The zero-order valence-corrected chi connectivity index (χ0v) is 9.24. The highest BCUT2D eigenvalue weighted by Gasteiger charge is 1.95. The van der Waals surface area contributed by atoms with Gasteiger partial charge in [0.05, 0.1) is 6.61 Å². The molecule has 0 heterocycles. The Hall–Kier alpha value is -1.06. The minimum atomic E-state index is 0.545. The number of nitrogens with two attached hydrogens (primary N) is 1. The molecule has 0 saturated heterocycles. The quantitative estimate of drug-likeness (QED) is 0.698. The first-order chi connectivity index (χ1) is 7.36. The highest BCUT2D eigenvalue weighted by atomic mass is 16.5. The first-order valence-electron chi connectivity index (χ1n) is 5.36. The maximum atomic E-state index is 5.53. The second-order valence-corrected chi connectivity index (χ2v) is 3.31. The average Bonchev–Trinajstić information content (AvgIpc) is 2.29. The lowest BCUT2D eigenvalue weighted by Gasteiger charge is -2.07. The van der Waals surface area contributed by atoms with Crippen molar-refractivity contribution in [1.82, 2.24) is 0 Å². The van der Waals surface area contributed by atoms with Crippen molar-refractivity contribution in [2.45, 2.75) is 19.9 Å². The molecular formula is C12H19NO2. The Balaban J connectivity index is 2.24. The minimum absolute atomic E-state index is 0.545.